The van der Waals surface area contributed by atoms with Crippen molar-refractivity contribution in [2.24, 2.45) is 0 Å². The highest BCUT2D eigenvalue weighted by Crippen LogP contribution is 2.31. The number of nitro groups is 1. The predicted octanol–water partition coefficient (Wildman–Crippen LogP) is 2.51. The Hall–Kier alpha value is -4.32. The van der Waals surface area contributed by atoms with E-state index >= 15 is 0 Å². The van der Waals surface area contributed by atoms with Crippen molar-refractivity contribution >= 4 is 40.9 Å². The van der Waals surface area contributed by atoms with Crippen molar-refractivity contribution in [2.75, 3.05) is 19.1 Å². The summed E-state index contributed by atoms with van der Waals surface area (Å²) in [6.07, 6.45) is 2.94. The Morgan fingerprint density at radius 3 is 2.64 bits per heavy atom. The van der Waals surface area contributed by atoms with Crippen LogP contribution in [0.15, 0.2) is 54.5 Å². The predicted molar refractivity (Wildman–Crippen MR) is 123 cm³/mol. The fraction of sp³-hybridized carbons (Fsp3) is 0.143. The van der Waals surface area contributed by atoms with Crippen LogP contribution in [-0.4, -0.2) is 44.9 Å². The third-order valence-electron chi connectivity index (χ3n) is 4.84. The van der Waals surface area contributed by atoms with Crippen LogP contribution in [0.5, 0.6) is 11.5 Å². The maximum Gasteiger partial charge on any atom is 0.490 e. The molecule has 1 N–H and O–H groups in total. The summed E-state index contributed by atoms with van der Waals surface area (Å²) < 4.78 is 12.1. The van der Waals surface area contributed by atoms with Crippen molar-refractivity contribution in [3.63, 3.8) is 0 Å². The van der Waals surface area contributed by atoms with Crippen LogP contribution in [0.2, 0.25) is 0 Å². The van der Waals surface area contributed by atoms with Gasteiger partial charge < -0.3 is 24.9 Å². The van der Waals surface area contributed by atoms with Gasteiger partial charge in [0.2, 0.25) is 6.33 Å². The summed E-state index contributed by atoms with van der Waals surface area (Å²) in [5.74, 6) is 0.267. The molecule has 1 aliphatic rings. The molecule has 3 aromatic rings. The molecular formula is C21H18N6O5S. The number of ether oxygens (including phenoxy) is 2. The molecule has 0 radical (unpaired) electrons. The maximum absolute atomic E-state index is 13.1. The summed E-state index contributed by atoms with van der Waals surface area (Å²) in [4.78, 5) is 28.3. The smallest absolute Gasteiger partial charge is 0.490 e. The Labute approximate surface area is 193 Å². The minimum absolute atomic E-state index is 0.189. The van der Waals surface area contributed by atoms with Crippen molar-refractivity contribution in [1.29, 1.82) is 0 Å². The van der Waals surface area contributed by atoms with Gasteiger partial charge in [0.05, 0.1) is 26.5 Å². The van der Waals surface area contributed by atoms with Crippen LogP contribution in [-0.2, 0) is 11.3 Å². The van der Waals surface area contributed by atoms with Crippen molar-refractivity contribution < 1.29 is 19.2 Å². The number of thiocarbonyl (C=S) groups is 1. The summed E-state index contributed by atoms with van der Waals surface area (Å²) >= 11 is 5.38. The second-order valence-electron chi connectivity index (χ2n) is 6.87. The van der Waals surface area contributed by atoms with Gasteiger partial charge in [-0.15, -0.1) is 0 Å². The van der Waals surface area contributed by atoms with E-state index in [4.69, 9.17) is 21.7 Å². The molecule has 0 unspecified atom stereocenters. The highest BCUT2D eigenvalue weighted by molar-refractivity contribution is 7.80. The molecule has 0 saturated carbocycles. The lowest BCUT2D eigenvalue weighted by molar-refractivity contribution is -0.394. The number of carbonyl (C=O) groups is 1. The first-order chi connectivity index (χ1) is 15.9. The average Bonchev–Trinajstić information content (AvgIpc) is 3.38. The SMILES string of the molecule is COc1ccc(C=C2NC(=S)N(c3ccccc3OC)C2=O)cc1Cn1cnc([N+](=O)[O-])n1. The lowest BCUT2D eigenvalue weighted by Gasteiger charge is -2.17. The fourth-order valence-corrected chi connectivity index (χ4v) is 3.66. The lowest BCUT2D eigenvalue weighted by atomic mass is 10.1. The minimum atomic E-state index is -0.664. The molecule has 2 heterocycles. The van der Waals surface area contributed by atoms with E-state index in [1.165, 1.54) is 30.1 Å². The zero-order chi connectivity index (χ0) is 23.5. The highest BCUT2D eigenvalue weighted by Gasteiger charge is 2.33. The highest BCUT2D eigenvalue weighted by atomic mass is 32.1. The van der Waals surface area contributed by atoms with Gasteiger partial charge in [0, 0.05) is 10.7 Å². The zero-order valence-corrected chi connectivity index (χ0v) is 18.4. The monoisotopic (exact) mass is 466 g/mol. The van der Waals surface area contributed by atoms with Gasteiger partial charge in [0.25, 0.3) is 5.91 Å². The van der Waals surface area contributed by atoms with Crippen molar-refractivity contribution in [2.45, 2.75) is 6.54 Å². The van der Waals surface area contributed by atoms with E-state index in [2.05, 4.69) is 15.4 Å². The molecule has 1 aromatic heterocycles. The van der Waals surface area contributed by atoms with E-state index in [-0.39, 0.29) is 17.6 Å². The molecule has 4 rings (SSSR count). The molecule has 11 nitrogen and oxygen atoms in total. The maximum atomic E-state index is 13.1. The number of hydrogen-bond acceptors (Lipinski definition) is 8. The third-order valence-corrected chi connectivity index (χ3v) is 5.12. The van der Waals surface area contributed by atoms with E-state index < -0.39 is 10.9 Å². The zero-order valence-electron chi connectivity index (χ0n) is 17.6. The van der Waals surface area contributed by atoms with Gasteiger partial charge in [-0.25, -0.2) is 4.90 Å². The summed E-state index contributed by atoms with van der Waals surface area (Å²) in [6.45, 7) is 0.189. The number of nitrogens with one attached hydrogen (secondary N) is 1. The molecule has 2 aromatic carbocycles. The molecule has 12 heteroatoms. The van der Waals surface area contributed by atoms with Crippen molar-refractivity contribution in [1.82, 2.24) is 20.1 Å². The van der Waals surface area contributed by atoms with Crippen LogP contribution in [0.4, 0.5) is 11.6 Å². The summed E-state index contributed by atoms with van der Waals surface area (Å²) in [5, 5.41) is 17.8. The normalized spacial score (nSPS) is 14.5. The van der Waals surface area contributed by atoms with E-state index in [9.17, 15) is 14.9 Å². The van der Waals surface area contributed by atoms with Gasteiger partial charge in [-0.2, -0.15) is 4.68 Å². The fourth-order valence-electron chi connectivity index (χ4n) is 3.37. The molecule has 1 amide bonds. The minimum Gasteiger partial charge on any atom is -0.496 e. The van der Waals surface area contributed by atoms with Gasteiger partial charge in [0.15, 0.2) is 5.11 Å². The second-order valence-corrected chi connectivity index (χ2v) is 7.26. The van der Waals surface area contributed by atoms with Gasteiger partial charge in [-0.3, -0.25) is 4.79 Å². The number of methoxy groups -OCH3 is 2. The number of benzene rings is 2. The Bertz CT molecular complexity index is 1290. The van der Waals surface area contributed by atoms with Crippen molar-refractivity contribution in [3.8, 4) is 11.5 Å². The number of aromatic nitrogens is 3. The molecule has 168 valence electrons. The first kappa shape index (κ1) is 21.9. The molecule has 0 bridgehead atoms. The Morgan fingerprint density at radius 1 is 1.18 bits per heavy atom. The lowest BCUT2D eigenvalue weighted by Crippen LogP contribution is -2.30. The van der Waals surface area contributed by atoms with Gasteiger partial charge in [-0.05, 0) is 53.0 Å². The van der Waals surface area contributed by atoms with Crippen LogP contribution < -0.4 is 19.7 Å². The van der Waals surface area contributed by atoms with Crippen molar-refractivity contribution in [3.05, 3.63) is 75.7 Å². The number of nitrogens with zero attached hydrogens (tertiary/aromatic N) is 5. The number of anilines is 1. The average molecular weight is 466 g/mol. The van der Waals surface area contributed by atoms with Crippen LogP contribution in [0.3, 0.4) is 0 Å². The number of carbonyl (C=O) groups excluding carboxylic acids is 1. The summed E-state index contributed by atoms with van der Waals surface area (Å²) in [7, 11) is 3.04. The van der Waals surface area contributed by atoms with Gasteiger partial charge >= 0.3 is 5.95 Å². The number of rotatable bonds is 7. The van der Waals surface area contributed by atoms with E-state index in [1.54, 1.807) is 48.5 Å². The molecule has 1 aliphatic heterocycles. The molecule has 1 saturated heterocycles. The van der Waals surface area contributed by atoms with Gasteiger partial charge in [-0.1, -0.05) is 23.2 Å². The Balaban J connectivity index is 1.63. The standard InChI is InChI=1S/C21H18N6O5S/c1-31-17-8-7-13(9-14(17)11-25-12-22-20(24-25)27(29)30)10-15-19(28)26(21(33)23-15)16-5-3-4-6-18(16)32-2/h3-10,12H,11H2,1-2H3,(H,23,33). The first-order valence-corrected chi connectivity index (χ1v) is 10.0. The molecule has 1 fully saturated rings. The first-order valence-electron chi connectivity index (χ1n) is 9.62. The van der Waals surface area contributed by atoms with Crippen LogP contribution in [0.1, 0.15) is 11.1 Å². The molecule has 0 aliphatic carbocycles. The summed E-state index contributed by atoms with van der Waals surface area (Å²) in [6, 6.07) is 12.4. The van der Waals surface area contributed by atoms with E-state index in [1.807, 2.05) is 0 Å². The largest absolute Gasteiger partial charge is 0.496 e. The third kappa shape index (κ3) is 4.36. The topological polar surface area (TPSA) is 125 Å². The van der Waals surface area contributed by atoms with Crippen LogP contribution in [0.25, 0.3) is 6.08 Å². The number of amides is 1. The number of para-hydroxylation sites is 2. The van der Waals surface area contributed by atoms with Crippen LogP contribution in [0, 0.1) is 10.1 Å². The number of hydrogen-bond donors (Lipinski definition) is 1. The molecular weight excluding hydrogens is 448 g/mol. The van der Waals surface area contributed by atoms with E-state index in [0.717, 1.165) is 0 Å². The molecule has 33 heavy (non-hydrogen) atoms. The quantitative estimate of drug-likeness (QED) is 0.242. The molecule has 0 spiro atoms. The molecule has 0 atom stereocenters. The van der Waals surface area contributed by atoms with E-state index in [0.29, 0.717) is 34.0 Å². The Kier molecular flexibility index (Phi) is 6.00. The van der Waals surface area contributed by atoms with Crippen LogP contribution >= 0.6 is 12.2 Å². The summed E-state index contributed by atoms with van der Waals surface area (Å²) in [5.41, 5.74) is 2.22. The van der Waals surface area contributed by atoms with Gasteiger partial charge in [0.1, 0.15) is 17.2 Å². The second kappa shape index (κ2) is 9.04. The Morgan fingerprint density at radius 2 is 1.94 bits per heavy atom.